The van der Waals surface area contributed by atoms with Gasteiger partial charge in [-0.3, -0.25) is 4.79 Å². The van der Waals surface area contributed by atoms with Crippen LogP contribution >= 0.6 is 0 Å². The van der Waals surface area contributed by atoms with Crippen molar-refractivity contribution in [2.24, 2.45) is 0 Å². The zero-order valence-electron chi connectivity index (χ0n) is 9.38. The zero-order chi connectivity index (χ0) is 10.4. The van der Waals surface area contributed by atoms with Crippen LogP contribution in [0.2, 0.25) is 0 Å². The number of hydrogen-bond acceptors (Lipinski definition) is 2. The van der Waals surface area contributed by atoms with Gasteiger partial charge in [0.1, 0.15) is 0 Å². The summed E-state index contributed by atoms with van der Waals surface area (Å²) in [7, 11) is 0. The lowest BCUT2D eigenvalue weighted by Gasteiger charge is -2.32. The van der Waals surface area contributed by atoms with Crippen molar-refractivity contribution in [1.82, 2.24) is 10.2 Å². The van der Waals surface area contributed by atoms with Crippen molar-refractivity contribution in [3.8, 4) is 0 Å². The second-order valence-corrected chi connectivity index (χ2v) is 4.15. The fourth-order valence-corrected chi connectivity index (χ4v) is 1.84. The van der Waals surface area contributed by atoms with Crippen LogP contribution in [0.3, 0.4) is 0 Å². The van der Waals surface area contributed by atoms with Crippen molar-refractivity contribution < 1.29 is 4.79 Å². The highest BCUT2D eigenvalue weighted by atomic mass is 16.2. The summed E-state index contributed by atoms with van der Waals surface area (Å²) in [5, 5.41) is 3.34. The van der Waals surface area contributed by atoms with Crippen molar-refractivity contribution >= 4 is 5.91 Å². The van der Waals surface area contributed by atoms with Crippen molar-refractivity contribution in [2.45, 2.75) is 45.6 Å². The van der Waals surface area contributed by atoms with Gasteiger partial charge in [0, 0.05) is 32.1 Å². The van der Waals surface area contributed by atoms with E-state index in [0.717, 1.165) is 32.5 Å². The van der Waals surface area contributed by atoms with Crippen molar-refractivity contribution in [3.63, 3.8) is 0 Å². The lowest BCUT2D eigenvalue weighted by molar-refractivity contribution is -0.132. The molecule has 0 radical (unpaired) electrons. The molecule has 0 saturated carbocycles. The van der Waals surface area contributed by atoms with E-state index in [0.29, 0.717) is 11.9 Å². The van der Waals surface area contributed by atoms with Gasteiger partial charge in [0.15, 0.2) is 0 Å². The molecule has 0 bridgehead atoms. The molecule has 1 rings (SSSR count). The predicted molar refractivity (Wildman–Crippen MR) is 58.2 cm³/mol. The SMILES string of the molecule is CCCCCC(=O)N1CCN[C@@H](C)C1. The molecule has 1 heterocycles. The highest BCUT2D eigenvalue weighted by Crippen LogP contribution is 2.05. The van der Waals surface area contributed by atoms with Crippen molar-refractivity contribution in [1.29, 1.82) is 0 Å². The Bertz CT molecular complexity index is 182. The fourth-order valence-electron chi connectivity index (χ4n) is 1.84. The molecule has 0 unspecified atom stereocenters. The van der Waals surface area contributed by atoms with Gasteiger partial charge >= 0.3 is 0 Å². The van der Waals surface area contributed by atoms with Crippen molar-refractivity contribution in [3.05, 3.63) is 0 Å². The van der Waals surface area contributed by atoms with Crippen LogP contribution < -0.4 is 5.32 Å². The Labute approximate surface area is 86.9 Å². The Kier molecular flexibility index (Phi) is 4.94. The van der Waals surface area contributed by atoms with Crippen LogP contribution in [-0.2, 0) is 4.79 Å². The molecule has 1 saturated heterocycles. The molecule has 0 spiro atoms. The first-order valence-electron chi connectivity index (χ1n) is 5.75. The number of amides is 1. The second kappa shape index (κ2) is 6.02. The number of unbranched alkanes of at least 4 members (excludes halogenated alkanes) is 2. The maximum absolute atomic E-state index is 11.7. The molecule has 1 aliphatic heterocycles. The fraction of sp³-hybridized carbons (Fsp3) is 0.909. The van der Waals surface area contributed by atoms with E-state index in [1.165, 1.54) is 12.8 Å². The highest BCUT2D eigenvalue weighted by Gasteiger charge is 2.19. The third-order valence-electron chi connectivity index (χ3n) is 2.72. The van der Waals surface area contributed by atoms with Crippen LogP contribution in [0.4, 0.5) is 0 Å². The Morgan fingerprint density at radius 3 is 2.93 bits per heavy atom. The summed E-state index contributed by atoms with van der Waals surface area (Å²) in [6, 6.07) is 0.457. The molecule has 0 aliphatic carbocycles. The maximum Gasteiger partial charge on any atom is 0.222 e. The maximum atomic E-state index is 11.7. The molecule has 82 valence electrons. The molecule has 0 aromatic heterocycles. The van der Waals surface area contributed by atoms with Gasteiger partial charge in [-0.15, -0.1) is 0 Å². The Balaban J connectivity index is 2.22. The molecule has 0 aromatic carbocycles. The van der Waals surface area contributed by atoms with Gasteiger partial charge in [-0.25, -0.2) is 0 Å². The molecule has 1 N–H and O–H groups in total. The van der Waals surface area contributed by atoms with E-state index >= 15 is 0 Å². The van der Waals surface area contributed by atoms with E-state index < -0.39 is 0 Å². The Hall–Kier alpha value is -0.570. The molecule has 3 nitrogen and oxygen atoms in total. The topological polar surface area (TPSA) is 32.3 Å². The molecular weight excluding hydrogens is 176 g/mol. The Morgan fingerprint density at radius 2 is 2.29 bits per heavy atom. The van der Waals surface area contributed by atoms with Crippen LogP contribution in [0.5, 0.6) is 0 Å². The van der Waals surface area contributed by atoms with Gasteiger partial charge in [-0.2, -0.15) is 0 Å². The molecule has 0 aromatic rings. The van der Waals surface area contributed by atoms with Crippen LogP contribution in [-0.4, -0.2) is 36.5 Å². The van der Waals surface area contributed by atoms with E-state index in [9.17, 15) is 4.79 Å². The summed E-state index contributed by atoms with van der Waals surface area (Å²) < 4.78 is 0. The quantitative estimate of drug-likeness (QED) is 0.692. The monoisotopic (exact) mass is 198 g/mol. The summed E-state index contributed by atoms with van der Waals surface area (Å²) in [4.78, 5) is 13.7. The first kappa shape index (κ1) is 11.5. The summed E-state index contributed by atoms with van der Waals surface area (Å²) >= 11 is 0. The standard InChI is InChI=1S/C11H22N2O/c1-3-4-5-6-11(14)13-8-7-12-10(2)9-13/h10,12H,3-9H2,1-2H3/t10-/m0/s1. The molecule has 1 aliphatic rings. The van der Waals surface area contributed by atoms with Gasteiger partial charge in [-0.1, -0.05) is 19.8 Å². The Morgan fingerprint density at radius 1 is 1.50 bits per heavy atom. The molecular formula is C11H22N2O. The third kappa shape index (κ3) is 3.66. The number of nitrogens with zero attached hydrogens (tertiary/aromatic N) is 1. The van der Waals surface area contributed by atoms with Gasteiger partial charge in [-0.05, 0) is 13.3 Å². The lowest BCUT2D eigenvalue weighted by Crippen LogP contribution is -2.51. The molecule has 1 atom stereocenters. The minimum absolute atomic E-state index is 0.340. The second-order valence-electron chi connectivity index (χ2n) is 4.15. The highest BCUT2D eigenvalue weighted by molar-refractivity contribution is 5.76. The summed E-state index contributed by atoms with van der Waals surface area (Å²) in [5.41, 5.74) is 0. The van der Waals surface area contributed by atoms with E-state index in [1.807, 2.05) is 4.90 Å². The molecule has 1 amide bonds. The summed E-state index contributed by atoms with van der Waals surface area (Å²) in [6.07, 6.45) is 4.15. The van der Waals surface area contributed by atoms with Gasteiger partial charge in [0.25, 0.3) is 0 Å². The molecule has 3 heteroatoms. The number of piperazine rings is 1. The minimum atomic E-state index is 0.340. The van der Waals surface area contributed by atoms with Crippen LogP contribution in [0.25, 0.3) is 0 Å². The van der Waals surface area contributed by atoms with Crippen LogP contribution in [0.15, 0.2) is 0 Å². The number of hydrogen-bond donors (Lipinski definition) is 1. The van der Waals surface area contributed by atoms with Crippen molar-refractivity contribution in [2.75, 3.05) is 19.6 Å². The average molecular weight is 198 g/mol. The number of nitrogens with one attached hydrogen (secondary N) is 1. The van der Waals surface area contributed by atoms with Crippen LogP contribution in [0, 0.1) is 0 Å². The van der Waals surface area contributed by atoms with E-state index in [4.69, 9.17) is 0 Å². The first-order chi connectivity index (χ1) is 6.74. The lowest BCUT2D eigenvalue weighted by atomic mass is 10.1. The van der Waals surface area contributed by atoms with Gasteiger partial charge in [0.2, 0.25) is 5.91 Å². The minimum Gasteiger partial charge on any atom is -0.340 e. The number of carbonyl (C=O) groups is 1. The number of carbonyl (C=O) groups excluding carboxylic acids is 1. The van der Waals surface area contributed by atoms with Gasteiger partial charge < -0.3 is 10.2 Å². The first-order valence-corrected chi connectivity index (χ1v) is 5.75. The normalized spacial score (nSPS) is 22.4. The predicted octanol–water partition coefficient (Wildman–Crippen LogP) is 1.39. The summed E-state index contributed by atoms with van der Waals surface area (Å²) in [6.45, 7) is 7.00. The van der Waals surface area contributed by atoms with E-state index in [1.54, 1.807) is 0 Å². The largest absolute Gasteiger partial charge is 0.340 e. The van der Waals surface area contributed by atoms with Gasteiger partial charge in [0.05, 0.1) is 0 Å². The third-order valence-corrected chi connectivity index (χ3v) is 2.72. The van der Waals surface area contributed by atoms with Crippen LogP contribution in [0.1, 0.15) is 39.5 Å². The average Bonchev–Trinajstić information content (AvgIpc) is 2.18. The zero-order valence-corrected chi connectivity index (χ0v) is 9.38. The van der Waals surface area contributed by atoms with E-state index in [-0.39, 0.29) is 0 Å². The smallest absolute Gasteiger partial charge is 0.222 e. The number of rotatable bonds is 4. The van der Waals surface area contributed by atoms with E-state index in [2.05, 4.69) is 19.2 Å². The molecule has 1 fully saturated rings. The summed E-state index contributed by atoms with van der Waals surface area (Å²) in [5.74, 6) is 0.340. The molecule has 14 heavy (non-hydrogen) atoms.